The van der Waals surface area contributed by atoms with Crippen molar-refractivity contribution in [2.45, 2.75) is 44.4 Å². The van der Waals surface area contributed by atoms with Gasteiger partial charge in [0.25, 0.3) is 0 Å². The number of fused-ring (bicyclic) bond motifs is 4. The zero-order valence-electron chi connectivity index (χ0n) is 25.6. The minimum absolute atomic E-state index is 0.0252. The second kappa shape index (κ2) is 11.3. The molecule has 6 aromatic rings. The zero-order valence-corrected chi connectivity index (χ0v) is 25.6. The van der Waals surface area contributed by atoms with Crippen LogP contribution in [0.1, 0.15) is 30.4 Å². The Bertz CT molecular complexity index is 2250. The number of aryl methyl sites for hydroxylation is 1. The van der Waals surface area contributed by atoms with Crippen molar-refractivity contribution in [3.05, 3.63) is 94.4 Å². The van der Waals surface area contributed by atoms with E-state index in [0.29, 0.717) is 30.5 Å². The Kier molecular flexibility index (Phi) is 7.02. The SMILES string of the molecule is Cc1c(-c2cc(O)cc3cccc(F)c23)oc(=O)c2c(NCc3cccc4cnccc34)nc(OC[C@@]34CCCN3C[C@H](F)C4)nc12. The molecule has 5 heterocycles. The van der Waals surface area contributed by atoms with Crippen molar-refractivity contribution in [2.75, 3.05) is 25.0 Å². The molecule has 0 spiro atoms. The van der Waals surface area contributed by atoms with Gasteiger partial charge in [0.05, 0.1) is 11.1 Å². The Labute approximate surface area is 267 Å². The van der Waals surface area contributed by atoms with Gasteiger partial charge < -0.3 is 19.6 Å². The molecule has 47 heavy (non-hydrogen) atoms. The molecule has 238 valence electrons. The molecule has 11 heteroatoms. The number of aromatic hydroxyl groups is 1. The lowest BCUT2D eigenvalue weighted by molar-refractivity contribution is 0.107. The molecule has 2 atom stereocenters. The van der Waals surface area contributed by atoms with Crippen molar-refractivity contribution in [3.8, 4) is 23.1 Å². The van der Waals surface area contributed by atoms with E-state index in [9.17, 15) is 14.3 Å². The van der Waals surface area contributed by atoms with Gasteiger partial charge in [0.15, 0.2) is 0 Å². The van der Waals surface area contributed by atoms with Gasteiger partial charge in [-0.1, -0.05) is 30.3 Å². The van der Waals surface area contributed by atoms with E-state index in [1.165, 1.54) is 18.2 Å². The summed E-state index contributed by atoms with van der Waals surface area (Å²) in [6.07, 6.45) is 4.74. The number of pyridine rings is 1. The normalized spacial score (nSPS) is 19.5. The summed E-state index contributed by atoms with van der Waals surface area (Å²) >= 11 is 0. The molecular formula is C36H31F2N5O4. The summed E-state index contributed by atoms with van der Waals surface area (Å²) < 4.78 is 41.8. The summed E-state index contributed by atoms with van der Waals surface area (Å²) in [6, 6.07) is 15.2. The molecule has 0 saturated carbocycles. The predicted octanol–water partition coefficient (Wildman–Crippen LogP) is 6.67. The van der Waals surface area contributed by atoms with Crippen molar-refractivity contribution in [1.29, 1.82) is 0 Å². The molecular weight excluding hydrogens is 604 g/mol. The Morgan fingerprint density at radius 2 is 1.98 bits per heavy atom. The Morgan fingerprint density at radius 3 is 2.87 bits per heavy atom. The molecule has 3 aromatic heterocycles. The summed E-state index contributed by atoms with van der Waals surface area (Å²) in [4.78, 5) is 29.5. The number of nitrogens with one attached hydrogen (secondary N) is 1. The van der Waals surface area contributed by atoms with E-state index in [2.05, 4.69) is 20.2 Å². The van der Waals surface area contributed by atoms with Gasteiger partial charge in [-0.15, -0.1) is 0 Å². The molecule has 0 unspecified atom stereocenters. The Morgan fingerprint density at radius 1 is 1.13 bits per heavy atom. The minimum atomic E-state index is -0.920. The average Bonchev–Trinajstić information content (AvgIpc) is 3.59. The molecule has 2 aliphatic rings. The van der Waals surface area contributed by atoms with Crippen LogP contribution in [0.25, 0.3) is 43.8 Å². The largest absolute Gasteiger partial charge is 0.508 e. The topological polar surface area (TPSA) is 114 Å². The molecule has 2 fully saturated rings. The Balaban J connectivity index is 1.26. The average molecular weight is 636 g/mol. The van der Waals surface area contributed by atoms with Gasteiger partial charge in [0.2, 0.25) is 0 Å². The van der Waals surface area contributed by atoms with Gasteiger partial charge in [-0.05, 0) is 66.9 Å². The van der Waals surface area contributed by atoms with Crippen molar-refractivity contribution in [1.82, 2.24) is 19.9 Å². The van der Waals surface area contributed by atoms with Crippen LogP contribution in [-0.2, 0) is 6.54 Å². The molecule has 0 amide bonds. The molecule has 0 bridgehead atoms. The van der Waals surface area contributed by atoms with Gasteiger partial charge in [0, 0.05) is 53.8 Å². The number of hydrogen-bond donors (Lipinski definition) is 2. The van der Waals surface area contributed by atoms with E-state index in [-0.39, 0.29) is 51.8 Å². The van der Waals surface area contributed by atoms with Crippen LogP contribution in [0.15, 0.2) is 76.2 Å². The number of hydrogen-bond acceptors (Lipinski definition) is 9. The summed E-state index contributed by atoms with van der Waals surface area (Å²) in [6.45, 7) is 3.43. The van der Waals surface area contributed by atoms with Crippen LogP contribution in [-0.4, -0.2) is 56.4 Å². The maximum atomic E-state index is 15.2. The van der Waals surface area contributed by atoms with Gasteiger partial charge >= 0.3 is 11.6 Å². The lowest BCUT2D eigenvalue weighted by Crippen LogP contribution is -2.43. The van der Waals surface area contributed by atoms with E-state index in [4.69, 9.17) is 14.1 Å². The number of phenolic OH excluding ortho intramolecular Hbond substituents is 1. The summed E-state index contributed by atoms with van der Waals surface area (Å²) in [5, 5.41) is 16.5. The third-order valence-electron chi connectivity index (χ3n) is 9.59. The fourth-order valence-electron chi connectivity index (χ4n) is 7.40. The second-order valence-electron chi connectivity index (χ2n) is 12.5. The van der Waals surface area contributed by atoms with Crippen LogP contribution < -0.4 is 15.7 Å². The lowest BCUT2D eigenvalue weighted by atomic mass is 9.95. The highest BCUT2D eigenvalue weighted by molar-refractivity contribution is 6.00. The van der Waals surface area contributed by atoms with Crippen molar-refractivity contribution in [3.63, 3.8) is 0 Å². The third-order valence-corrected chi connectivity index (χ3v) is 9.59. The highest BCUT2D eigenvalue weighted by atomic mass is 19.1. The zero-order chi connectivity index (χ0) is 32.3. The monoisotopic (exact) mass is 635 g/mol. The number of halogens is 2. The fraction of sp³-hybridized carbons (Fsp3) is 0.278. The molecule has 2 aliphatic heterocycles. The summed E-state index contributed by atoms with van der Waals surface area (Å²) in [5.74, 6) is -0.353. The number of aromatic nitrogens is 3. The van der Waals surface area contributed by atoms with Crippen molar-refractivity contribution < 1.29 is 23.0 Å². The first-order valence-corrected chi connectivity index (χ1v) is 15.6. The molecule has 0 radical (unpaired) electrons. The number of rotatable bonds is 7. The standard InChI is InChI=1S/C36H31F2N5O4/c1-20-31-30(34(45)47-32(20)27-14-25(44)13-21-5-3-8-28(38)29(21)27)33(40-17-23-7-2-6-22-16-39-11-9-26(22)23)42-35(41-31)46-19-36-10-4-12-43(36)18-24(37)15-36/h2-3,5-9,11,13-14,16,24,44H,4,10,12,15,17-19H2,1H3,(H,40,41,42)/t24-,36+/m1/s1. The van der Waals surface area contributed by atoms with Crippen LogP contribution in [0.5, 0.6) is 11.8 Å². The second-order valence-corrected chi connectivity index (χ2v) is 12.5. The number of ether oxygens (including phenoxy) is 1. The maximum absolute atomic E-state index is 15.2. The molecule has 2 saturated heterocycles. The molecule has 9 nitrogen and oxygen atoms in total. The van der Waals surface area contributed by atoms with E-state index in [0.717, 1.165) is 35.7 Å². The molecule has 0 aliphatic carbocycles. The first-order valence-electron chi connectivity index (χ1n) is 15.6. The highest BCUT2D eigenvalue weighted by Gasteiger charge is 2.49. The van der Waals surface area contributed by atoms with E-state index >= 15 is 4.39 Å². The smallest absolute Gasteiger partial charge is 0.349 e. The van der Waals surface area contributed by atoms with Gasteiger partial charge in [0.1, 0.15) is 41.3 Å². The van der Waals surface area contributed by atoms with Crippen LogP contribution >= 0.6 is 0 Å². The van der Waals surface area contributed by atoms with Crippen LogP contribution in [0.2, 0.25) is 0 Å². The number of anilines is 1. The summed E-state index contributed by atoms with van der Waals surface area (Å²) in [5.41, 5.74) is 0.701. The molecule has 2 N–H and O–H groups in total. The van der Waals surface area contributed by atoms with Gasteiger partial charge in [-0.2, -0.15) is 9.97 Å². The van der Waals surface area contributed by atoms with E-state index < -0.39 is 23.2 Å². The van der Waals surface area contributed by atoms with Crippen LogP contribution in [0.3, 0.4) is 0 Å². The lowest BCUT2D eigenvalue weighted by Gasteiger charge is -2.30. The highest BCUT2D eigenvalue weighted by Crippen LogP contribution is 2.41. The maximum Gasteiger partial charge on any atom is 0.349 e. The first-order chi connectivity index (χ1) is 22.8. The van der Waals surface area contributed by atoms with Gasteiger partial charge in [-0.3, -0.25) is 9.88 Å². The van der Waals surface area contributed by atoms with Gasteiger partial charge in [-0.25, -0.2) is 13.6 Å². The number of phenols is 1. The van der Waals surface area contributed by atoms with E-state index in [1.807, 2.05) is 24.3 Å². The van der Waals surface area contributed by atoms with Crippen molar-refractivity contribution >= 4 is 38.3 Å². The molecule has 3 aromatic carbocycles. The van der Waals surface area contributed by atoms with Crippen LogP contribution in [0.4, 0.5) is 14.6 Å². The fourth-order valence-corrected chi connectivity index (χ4v) is 7.40. The first kappa shape index (κ1) is 29.3. The van der Waals surface area contributed by atoms with Crippen molar-refractivity contribution in [2.24, 2.45) is 0 Å². The number of alkyl halides is 1. The van der Waals surface area contributed by atoms with E-state index in [1.54, 1.807) is 31.5 Å². The quantitative estimate of drug-likeness (QED) is 0.199. The Hall–Kier alpha value is -5.16. The predicted molar refractivity (Wildman–Crippen MR) is 175 cm³/mol. The van der Waals surface area contributed by atoms with Crippen LogP contribution in [0, 0.1) is 12.7 Å². The number of nitrogens with zero attached hydrogens (tertiary/aromatic N) is 4. The minimum Gasteiger partial charge on any atom is -0.508 e. The molecule has 8 rings (SSSR count). The number of benzene rings is 3. The summed E-state index contributed by atoms with van der Waals surface area (Å²) in [7, 11) is 0. The third kappa shape index (κ3) is 5.01.